The first-order chi connectivity index (χ1) is 8.67. The van der Waals surface area contributed by atoms with Crippen LogP contribution in [0.3, 0.4) is 0 Å². The molecule has 0 saturated heterocycles. The minimum Gasteiger partial charge on any atom is -0.496 e. The number of ether oxygens (including phenoxy) is 1. The van der Waals surface area contributed by atoms with Gasteiger partial charge in [-0.1, -0.05) is 23.2 Å². The fourth-order valence-corrected chi connectivity index (χ4v) is 3.34. The molecule has 0 saturated carbocycles. The largest absolute Gasteiger partial charge is 0.496 e. The molecular formula is C13H13Cl2NOS. The Kier molecular flexibility index (Phi) is 4.51. The third kappa shape index (κ3) is 2.64. The van der Waals surface area contributed by atoms with E-state index in [4.69, 9.17) is 27.9 Å². The monoisotopic (exact) mass is 301 g/mol. The van der Waals surface area contributed by atoms with Crippen LogP contribution < -0.4 is 10.1 Å². The summed E-state index contributed by atoms with van der Waals surface area (Å²) in [6.45, 7) is 0. The molecule has 2 rings (SSSR count). The molecule has 5 heteroatoms. The molecule has 1 aromatic heterocycles. The number of halogens is 2. The van der Waals surface area contributed by atoms with Gasteiger partial charge < -0.3 is 10.1 Å². The maximum absolute atomic E-state index is 6.20. The second-order valence-electron chi connectivity index (χ2n) is 3.74. The topological polar surface area (TPSA) is 21.3 Å². The van der Waals surface area contributed by atoms with Crippen LogP contribution in [0, 0.1) is 0 Å². The second kappa shape index (κ2) is 5.93. The number of benzene rings is 1. The van der Waals surface area contributed by atoms with Gasteiger partial charge in [0.25, 0.3) is 0 Å². The molecule has 2 nitrogen and oxygen atoms in total. The summed E-state index contributed by atoms with van der Waals surface area (Å²) in [5.41, 5.74) is 0.983. The number of thiophene rings is 1. The van der Waals surface area contributed by atoms with Crippen LogP contribution in [0.25, 0.3) is 0 Å². The molecule has 1 unspecified atom stereocenters. The van der Waals surface area contributed by atoms with Gasteiger partial charge in [-0.3, -0.25) is 0 Å². The Morgan fingerprint density at radius 2 is 2.06 bits per heavy atom. The highest BCUT2D eigenvalue weighted by molar-refractivity contribution is 7.10. The highest BCUT2D eigenvalue weighted by Gasteiger charge is 2.20. The minimum absolute atomic E-state index is 0.0221. The van der Waals surface area contributed by atoms with E-state index >= 15 is 0 Å². The van der Waals surface area contributed by atoms with Crippen molar-refractivity contribution in [2.24, 2.45) is 0 Å². The van der Waals surface area contributed by atoms with E-state index in [1.54, 1.807) is 18.4 Å². The molecule has 1 aromatic carbocycles. The molecule has 96 valence electrons. The molecule has 0 aliphatic carbocycles. The first-order valence-electron chi connectivity index (χ1n) is 5.41. The van der Waals surface area contributed by atoms with Gasteiger partial charge in [0.2, 0.25) is 0 Å². The summed E-state index contributed by atoms with van der Waals surface area (Å²) < 4.78 is 5.38. The van der Waals surface area contributed by atoms with Crippen molar-refractivity contribution >= 4 is 34.5 Å². The average molecular weight is 302 g/mol. The lowest BCUT2D eigenvalue weighted by Gasteiger charge is -2.19. The van der Waals surface area contributed by atoms with Gasteiger partial charge in [0, 0.05) is 15.5 Å². The van der Waals surface area contributed by atoms with E-state index < -0.39 is 0 Å². The normalized spacial score (nSPS) is 12.4. The molecule has 1 N–H and O–H groups in total. The number of hydrogen-bond donors (Lipinski definition) is 1. The van der Waals surface area contributed by atoms with Crippen molar-refractivity contribution in [2.75, 3.05) is 14.2 Å². The molecule has 0 spiro atoms. The molecule has 2 aromatic rings. The zero-order chi connectivity index (χ0) is 13.1. The Bertz CT molecular complexity index is 542. The first kappa shape index (κ1) is 13.7. The molecule has 0 amide bonds. The zero-order valence-corrected chi connectivity index (χ0v) is 12.4. The van der Waals surface area contributed by atoms with Gasteiger partial charge in [-0.15, -0.1) is 11.3 Å². The maximum atomic E-state index is 6.20. The van der Waals surface area contributed by atoms with E-state index in [-0.39, 0.29) is 6.04 Å². The molecule has 0 bridgehead atoms. The molecule has 1 heterocycles. The van der Waals surface area contributed by atoms with E-state index in [1.807, 2.05) is 36.7 Å². The zero-order valence-electron chi connectivity index (χ0n) is 10.0. The average Bonchev–Trinajstić information content (AvgIpc) is 2.77. The summed E-state index contributed by atoms with van der Waals surface area (Å²) >= 11 is 13.9. The van der Waals surface area contributed by atoms with E-state index in [1.165, 1.54) is 0 Å². The fourth-order valence-electron chi connectivity index (χ4n) is 1.87. The quantitative estimate of drug-likeness (QED) is 0.905. The van der Waals surface area contributed by atoms with Gasteiger partial charge in [-0.25, -0.2) is 0 Å². The summed E-state index contributed by atoms with van der Waals surface area (Å²) in [7, 11) is 3.54. The predicted octanol–water partition coefficient (Wildman–Crippen LogP) is 4.37. The third-order valence-corrected chi connectivity index (χ3v) is 4.36. The van der Waals surface area contributed by atoms with Gasteiger partial charge in [0.15, 0.2) is 0 Å². The van der Waals surface area contributed by atoms with Gasteiger partial charge >= 0.3 is 0 Å². The SMILES string of the molecule is CNC(c1cc(Cl)ccc1OC)c1sccc1Cl. The smallest absolute Gasteiger partial charge is 0.124 e. The van der Waals surface area contributed by atoms with Crippen molar-refractivity contribution in [3.8, 4) is 5.75 Å². The van der Waals surface area contributed by atoms with E-state index in [0.29, 0.717) is 5.02 Å². The van der Waals surface area contributed by atoms with Crippen LogP contribution in [0.2, 0.25) is 10.0 Å². The molecular weight excluding hydrogens is 289 g/mol. The predicted molar refractivity (Wildman–Crippen MR) is 78.2 cm³/mol. The van der Waals surface area contributed by atoms with Crippen LogP contribution in [0.15, 0.2) is 29.6 Å². The van der Waals surface area contributed by atoms with Crippen LogP contribution in [-0.4, -0.2) is 14.2 Å². The van der Waals surface area contributed by atoms with E-state index in [0.717, 1.165) is 21.2 Å². The van der Waals surface area contributed by atoms with Crippen molar-refractivity contribution in [3.05, 3.63) is 50.1 Å². The minimum atomic E-state index is -0.0221. The number of hydrogen-bond acceptors (Lipinski definition) is 3. The van der Waals surface area contributed by atoms with Crippen LogP contribution in [0.5, 0.6) is 5.75 Å². The lowest BCUT2D eigenvalue weighted by Crippen LogP contribution is -2.17. The number of rotatable bonds is 4. The van der Waals surface area contributed by atoms with Crippen LogP contribution in [-0.2, 0) is 0 Å². The van der Waals surface area contributed by atoms with Crippen LogP contribution in [0.1, 0.15) is 16.5 Å². The van der Waals surface area contributed by atoms with Crippen molar-refractivity contribution < 1.29 is 4.74 Å². The second-order valence-corrected chi connectivity index (χ2v) is 5.53. The van der Waals surface area contributed by atoms with Gasteiger partial charge in [-0.2, -0.15) is 0 Å². The Labute approximate surface area is 120 Å². The van der Waals surface area contributed by atoms with E-state index in [9.17, 15) is 0 Å². The Morgan fingerprint density at radius 3 is 2.61 bits per heavy atom. The summed E-state index contributed by atoms with van der Waals surface area (Å²) in [6, 6.07) is 7.45. The standard InChI is InChI=1S/C13H13Cl2NOS/c1-16-12(13-10(15)5-6-18-13)9-7-8(14)3-4-11(9)17-2/h3-7,12,16H,1-2H3. The number of methoxy groups -OCH3 is 1. The highest BCUT2D eigenvalue weighted by atomic mass is 35.5. The number of nitrogens with one attached hydrogen (secondary N) is 1. The van der Waals surface area contributed by atoms with Crippen LogP contribution >= 0.6 is 34.5 Å². The summed E-state index contributed by atoms with van der Waals surface area (Å²) in [4.78, 5) is 1.06. The van der Waals surface area contributed by atoms with Crippen molar-refractivity contribution in [1.82, 2.24) is 5.32 Å². The first-order valence-corrected chi connectivity index (χ1v) is 7.04. The maximum Gasteiger partial charge on any atom is 0.124 e. The summed E-state index contributed by atoms with van der Waals surface area (Å²) in [6.07, 6.45) is 0. The molecule has 0 aliphatic heterocycles. The van der Waals surface area contributed by atoms with Crippen molar-refractivity contribution in [3.63, 3.8) is 0 Å². The summed E-state index contributed by atoms with van der Waals surface area (Å²) in [5.74, 6) is 0.795. The van der Waals surface area contributed by atoms with Gasteiger partial charge in [0.1, 0.15) is 5.75 Å². The van der Waals surface area contributed by atoms with E-state index in [2.05, 4.69) is 5.32 Å². The van der Waals surface area contributed by atoms with Gasteiger partial charge in [0.05, 0.1) is 18.2 Å². The highest BCUT2D eigenvalue weighted by Crippen LogP contribution is 2.37. The van der Waals surface area contributed by atoms with Crippen molar-refractivity contribution in [2.45, 2.75) is 6.04 Å². The van der Waals surface area contributed by atoms with Crippen molar-refractivity contribution in [1.29, 1.82) is 0 Å². The molecule has 1 atom stereocenters. The Hall–Kier alpha value is -0.740. The summed E-state index contributed by atoms with van der Waals surface area (Å²) in [5, 5.41) is 6.65. The Balaban J connectivity index is 2.51. The molecule has 0 fully saturated rings. The fraction of sp³-hybridized carbons (Fsp3) is 0.231. The molecule has 0 radical (unpaired) electrons. The van der Waals surface area contributed by atoms with Crippen LogP contribution in [0.4, 0.5) is 0 Å². The lowest BCUT2D eigenvalue weighted by atomic mass is 10.0. The Morgan fingerprint density at radius 1 is 1.28 bits per heavy atom. The molecule has 18 heavy (non-hydrogen) atoms. The third-order valence-electron chi connectivity index (χ3n) is 2.70. The molecule has 0 aliphatic rings. The lowest BCUT2D eigenvalue weighted by molar-refractivity contribution is 0.406. The van der Waals surface area contributed by atoms with Gasteiger partial charge in [-0.05, 0) is 36.7 Å².